The number of nitrogens with one attached hydrogen (secondary N) is 3. The molecule has 11 heteroatoms. The highest BCUT2D eigenvalue weighted by Crippen LogP contribution is 2.27. The number of carbonyl (C=O) groups excluding carboxylic acids is 1. The fraction of sp³-hybridized carbons (Fsp3) is 0.0333. The van der Waals surface area contributed by atoms with Gasteiger partial charge in [-0.1, -0.05) is 65.7 Å². The Morgan fingerprint density at radius 1 is 0.659 bits per heavy atom. The number of hydrogen-bond donors (Lipinski definition) is 3. The van der Waals surface area contributed by atoms with E-state index in [-0.39, 0.29) is 26.1 Å². The minimum atomic E-state index is -3.91. The molecule has 5 aromatic carbocycles. The zero-order valence-electron chi connectivity index (χ0n) is 21.6. The molecule has 5 aromatic rings. The van der Waals surface area contributed by atoms with Gasteiger partial charge in [-0.15, -0.1) is 0 Å². The maximum Gasteiger partial charge on any atom is 0.261 e. The first-order chi connectivity index (χ1) is 19.5. The van der Waals surface area contributed by atoms with E-state index in [1.165, 1.54) is 54.6 Å². The standard InChI is InChI=1S/C30H24ClN3O5S2/c1-20-9-14-24(15-10-20)40(36,37)33-23-13-18-28(31)27(19-23)30(35)32-22-11-16-25(17-12-22)41(38,39)34-29-8-4-6-21-5-2-3-7-26(21)29/h2-19,33-34H,1H3,(H,32,35). The summed E-state index contributed by atoms with van der Waals surface area (Å²) in [5, 5.41) is 4.44. The molecular weight excluding hydrogens is 582 g/mol. The van der Waals surface area contributed by atoms with E-state index in [1.54, 1.807) is 24.3 Å². The van der Waals surface area contributed by atoms with Gasteiger partial charge < -0.3 is 5.32 Å². The molecule has 3 N–H and O–H groups in total. The highest BCUT2D eigenvalue weighted by atomic mass is 35.5. The lowest BCUT2D eigenvalue weighted by Crippen LogP contribution is -2.16. The van der Waals surface area contributed by atoms with Gasteiger partial charge in [-0.05, 0) is 73.0 Å². The predicted octanol–water partition coefficient (Wildman–Crippen LogP) is 6.66. The monoisotopic (exact) mass is 605 g/mol. The second-order valence-electron chi connectivity index (χ2n) is 9.22. The molecule has 208 valence electrons. The van der Waals surface area contributed by atoms with Gasteiger partial charge in [0.2, 0.25) is 0 Å². The smallest absolute Gasteiger partial charge is 0.261 e. The summed E-state index contributed by atoms with van der Waals surface area (Å²) in [6, 6.07) is 29.0. The number of rotatable bonds is 8. The van der Waals surface area contributed by atoms with Gasteiger partial charge >= 0.3 is 0 Å². The average Bonchev–Trinajstić information content (AvgIpc) is 2.94. The predicted molar refractivity (Wildman–Crippen MR) is 163 cm³/mol. The molecule has 0 heterocycles. The normalized spacial score (nSPS) is 11.7. The van der Waals surface area contributed by atoms with Crippen LogP contribution in [0.3, 0.4) is 0 Å². The first-order valence-electron chi connectivity index (χ1n) is 12.3. The summed E-state index contributed by atoms with van der Waals surface area (Å²) in [7, 11) is -7.79. The first kappa shape index (κ1) is 28.2. The number of sulfonamides is 2. The third-order valence-electron chi connectivity index (χ3n) is 6.25. The second kappa shape index (κ2) is 11.2. The molecule has 0 aliphatic carbocycles. The van der Waals surface area contributed by atoms with Crippen LogP contribution in [0.2, 0.25) is 5.02 Å². The van der Waals surface area contributed by atoms with Crippen LogP contribution in [0.4, 0.5) is 17.1 Å². The molecule has 0 atom stereocenters. The molecule has 41 heavy (non-hydrogen) atoms. The van der Waals surface area contributed by atoms with Crippen LogP contribution in [-0.4, -0.2) is 22.7 Å². The lowest BCUT2D eigenvalue weighted by molar-refractivity contribution is 0.102. The van der Waals surface area contributed by atoms with Gasteiger partial charge in [0.25, 0.3) is 26.0 Å². The van der Waals surface area contributed by atoms with Gasteiger partial charge in [0.15, 0.2) is 0 Å². The Bertz CT molecular complexity index is 1970. The van der Waals surface area contributed by atoms with E-state index in [0.29, 0.717) is 11.4 Å². The minimum Gasteiger partial charge on any atom is -0.322 e. The van der Waals surface area contributed by atoms with Crippen molar-refractivity contribution >= 4 is 65.4 Å². The van der Waals surface area contributed by atoms with Crippen molar-refractivity contribution in [2.24, 2.45) is 0 Å². The SMILES string of the molecule is Cc1ccc(S(=O)(=O)Nc2ccc(Cl)c(C(=O)Nc3ccc(S(=O)(=O)Nc4cccc5ccccc45)cc3)c2)cc1. The Balaban J connectivity index is 1.31. The van der Waals surface area contributed by atoms with Crippen molar-refractivity contribution in [3.05, 3.63) is 125 Å². The van der Waals surface area contributed by atoms with Gasteiger partial charge in [0, 0.05) is 16.8 Å². The molecule has 0 spiro atoms. The Morgan fingerprint density at radius 2 is 1.24 bits per heavy atom. The maximum absolute atomic E-state index is 13.0. The average molecular weight is 606 g/mol. The molecule has 0 fully saturated rings. The summed E-state index contributed by atoms with van der Waals surface area (Å²) in [5.41, 5.74) is 1.88. The van der Waals surface area contributed by atoms with Crippen molar-refractivity contribution < 1.29 is 21.6 Å². The third-order valence-corrected chi connectivity index (χ3v) is 9.36. The van der Waals surface area contributed by atoms with E-state index in [2.05, 4.69) is 14.8 Å². The number of benzene rings is 5. The highest BCUT2D eigenvalue weighted by Gasteiger charge is 2.19. The van der Waals surface area contributed by atoms with Crippen molar-refractivity contribution in [2.75, 3.05) is 14.8 Å². The Labute approximate surface area is 243 Å². The van der Waals surface area contributed by atoms with Crippen LogP contribution in [0.15, 0.2) is 119 Å². The molecule has 0 bridgehead atoms. The van der Waals surface area contributed by atoms with Gasteiger partial charge in [-0.25, -0.2) is 16.8 Å². The maximum atomic E-state index is 13.0. The van der Waals surface area contributed by atoms with E-state index >= 15 is 0 Å². The topological polar surface area (TPSA) is 121 Å². The Hall–Kier alpha value is -4.38. The van der Waals surface area contributed by atoms with E-state index in [9.17, 15) is 21.6 Å². The third kappa shape index (κ3) is 6.35. The van der Waals surface area contributed by atoms with Crippen LogP contribution < -0.4 is 14.8 Å². The summed E-state index contributed by atoms with van der Waals surface area (Å²) in [6.45, 7) is 1.85. The first-order valence-corrected chi connectivity index (χ1v) is 15.7. The summed E-state index contributed by atoms with van der Waals surface area (Å²) in [6.07, 6.45) is 0. The largest absolute Gasteiger partial charge is 0.322 e. The van der Waals surface area contributed by atoms with Gasteiger partial charge in [0.1, 0.15) is 0 Å². The number of aryl methyl sites for hydroxylation is 1. The fourth-order valence-electron chi connectivity index (χ4n) is 4.13. The molecule has 0 radical (unpaired) electrons. The van der Waals surface area contributed by atoms with Crippen molar-refractivity contribution in [3.63, 3.8) is 0 Å². The zero-order chi connectivity index (χ0) is 29.2. The van der Waals surface area contributed by atoms with Crippen LogP contribution in [0.25, 0.3) is 10.8 Å². The van der Waals surface area contributed by atoms with Crippen molar-refractivity contribution in [2.45, 2.75) is 16.7 Å². The summed E-state index contributed by atoms with van der Waals surface area (Å²) < 4.78 is 56.7. The van der Waals surface area contributed by atoms with Crippen molar-refractivity contribution in [1.29, 1.82) is 0 Å². The number of halogens is 1. The number of hydrogen-bond acceptors (Lipinski definition) is 5. The molecule has 0 aliphatic heterocycles. The molecule has 0 aliphatic rings. The molecule has 0 saturated carbocycles. The van der Waals surface area contributed by atoms with Crippen molar-refractivity contribution in [3.8, 4) is 0 Å². The summed E-state index contributed by atoms with van der Waals surface area (Å²) in [5.74, 6) is -0.601. The Morgan fingerprint density at radius 3 is 1.95 bits per heavy atom. The lowest BCUT2D eigenvalue weighted by Gasteiger charge is -2.13. The second-order valence-corrected chi connectivity index (χ2v) is 13.0. The van der Waals surface area contributed by atoms with Crippen LogP contribution in [0.1, 0.15) is 15.9 Å². The molecule has 5 rings (SSSR count). The van der Waals surface area contributed by atoms with E-state index in [0.717, 1.165) is 16.3 Å². The number of anilines is 3. The Kier molecular flexibility index (Phi) is 7.72. The molecule has 0 aromatic heterocycles. The molecule has 8 nitrogen and oxygen atoms in total. The van der Waals surface area contributed by atoms with Crippen LogP contribution in [0.5, 0.6) is 0 Å². The molecule has 0 unspecified atom stereocenters. The van der Waals surface area contributed by atoms with Crippen LogP contribution >= 0.6 is 11.6 Å². The fourth-order valence-corrected chi connectivity index (χ4v) is 6.46. The van der Waals surface area contributed by atoms with E-state index in [1.807, 2.05) is 37.3 Å². The zero-order valence-corrected chi connectivity index (χ0v) is 24.0. The van der Waals surface area contributed by atoms with Crippen LogP contribution in [0, 0.1) is 6.92 Å². The van der Waals surface area contributed by atoms with Gasteiger partial charge in [-0.2, -0.15) is 0 Å². The molecule has 0 saturated heterocycles. The molecular formula is C30H24ClN3O5S2. The van der Waals surface area contributed by atoms with Gasteiger partial charge in [-0.3, -0.25) is 14.2 Å². The van der Waals surface area contributed by atoms with Gasteiger partial charge in [0.05, 0.1) is 26.1 Å². The van der Waals surface area contributed by atoms with E-state index in [4.69, 9.17) is 11.6 Å². The summed E-state index contributed by atoms with van der Waals surface area (Å²) in [4.78, 5) is 13.1. The number of amides is 1. The summed E-state index contributed by atoms with van der Waals surface area (Å²) >= 11 is 6.24. The quantitative estimate of drug-likeness (QED) is 0.183. The number of fused-ring (bicyclic) bond motifs is 1. The number of carbonyl (C=O) groups is 1. The van der Waals surface area contributed by atoms with Crippen molar-refractivity contribution in [1.82, 2.24) is 0 Å². The van der Waals surface area contributed by atoms with E-state index < -0.39 is 26.0 Å². The highest BCUT2D eigenvalue weighted by molar-refractivity contribution is 7.93. The molecule has 1 amide bonds. The minimum absolute atomic E-state index is 0.00831. The van der Waals surface area contributed by atoms with Crippen LogP contribution in [-0.2, 0) is 20.0 Å². The lowest BCUT2D eigenvalue weighted by atomic mass is 10.1.